The summed E-state index contributed by atoms with van der Waals surface area (Å²) in [5.74, 6) is 0.771. The van der Waals surface area contributed by atoms with E-state index in [1.165, 1.54) is 31.4 Å². The van der Waals surface area contributed by atoms with Crippen molar-refractivity contribution in [1.29, 1.82) is 0 Å². The van der Waals surface area contributed by atoms with Crippen molar-refractivity contribution in [3.63, 3.8) is 0 Å². The summed E-state index contributed by atoms with van der Waals surface area (Å²) in [5.41, 5.74) is 1.38. The second kappa shape index (κ2) is 6.88. The van der Waals surface area contributed by atoms with Crippen molar-refractivity contribution >= 4 is 0 Å². The molecule has 0 saturated heterocycles. The zero-order valence-electron chi connectivity index (χ0n) is 14.3. The predicted octanol–water partition coefficient (Wildman–Crippen LogP) is 2.46. The van der Waals surface area contributed by atoms with Crippen LogP contribution in [0.2, 0.25) is 0 Å². The van der Waals surface area contributed by atoms with Gasteiger partial charge in [-0.2, -0.15) is 0 Å². The third-order valence-electron chi connectivity index (χ3n) is 5.10. The van der Waals surface area contributed by atoms with E-state index in [4.69, 9.17) is 0 Å². The Labute approximate surface area is 129 Å². The summed E-state index contributed by atoms with van der Waals surface area (Å²) >= 11 is 0. The van der Waals surface area contributed by atoms with Crippen molar-refractivity contribution < 1.29 is 0 Å². The molecule has 5 heteroatoms. The van der Waals surface area contributed by atoms with Crippen LogP contribution >= 0.6 is 0 Å². The minimum atomic E-state index is 0.152. The summed E-state index contributed by atoms with van der Waals surface area (Å²) in [7, 11) is 6.51. The minimum Gasteiger partial charge on any atom is -0.310 e. The van der Waals surface area contributed by atoms with Gasteiger partial charge in [-0.3, -0.25) is 0 Å². The first-order valence-electron chi connectivity index (χ1n) is 8.28. The summed E-state index contributed by atoms with van der Waals surface area (Å²) in [5, 5.41) is 12.0. The van der Waals surface area contributed by atoms with Crippen molar-refractivity contribution in [1.82, 2.24) is 25.2 Å². The maximum Gasteiger partial charge on any atom is 0.0775 e. The maximum atomic E-state index is 4.29. The second-order valence-corrected chi connectivity index (χ2v) is 6.80. The lowest BCUT2D eigenvalue weighted by molar-refractivity contribution is 0.0363. The fourth-order valence-electron chi connectivity index (χ4n) is 4.06. The monoisotopic (exact) mass is 293 g/mol. The first kappa shape index (κ1) is 16.4. The topological polar surface area (TPSA) is 46.0 Å². The van der Waals surface area contributed by atoms with Crippen LogP contribution in [-0.4, -0.2) is 46.6 Å². The van der Waals surface area contributed by atoms with Crippen molar-refractivity contribution in [2.75, 3.05) is 21.1 Å². The Morgan fingerprint density at radius 1 is 1.52 bits per heavy atom. The molecule has 1 heterocycles. The van der Waals surface area contributed by atoms with Crippen LogP contribution in [0.3, 0.4) is 0 Å². The molecule has 5 nitrogen and oxygen atoms in total. The van der Waals surface area contributed by atoms with Gasteiger partial charge < -0.3 is 10.2 Å². The van der Waals surface area contributed by atoms with Crippen molar-refractivity contribution in [2.45, 2.75) is 64.1 Å². The van der Waals surface area contributed by atoms with Crippen LogP contribution in [0.5, 0.6) is 0 Å². The number of likely N-dealkylation sites (N-methyl/N-ethyl adjacent to an activating group) is 2. The minimum absolute atomic E-state index is 0.152. The maximum absolute atomic E-state index is 4.29. The quantitative estimate of drug-likeness (QED) is 0.875. The van der Waals surface area contributed by atoms with Crippen LogP contribution in [0.1, 0.15) is 57.7 Å². The average molecular weight is 293 g/mol. The molecule has 1 aliphatic carbocycles. The van der Waals surface area contributed by atoms with Gasteiger partial charge in [0.1, 0.15) is 0 Å². The normalized spacial score (nSPS) is 28.0. The van der Waals surface area contributed by atoms with E-state index in [9.17, 15) is 0 Å². The van der Waals surface area contributed by atoms with Crippen molar-refractivity contribution in [3.05, 3.63) is 11.9 Å². The summed E-state index contributed by atoms with van der Waals surface area (Å²) in [6.45, 7) is 5.50. The third-order valence-corrected chi connectivity index (χ3v) is 5.10. The molecule has 1 fully saturated rings. The first-order chi connectivity index (χ1) is 10.0. The lowest BCUT2D eigenvalue weighted by Gasteiger charge is -2.50. The van der Waals surface area contributed by atoms with E-state index in [1.54, 1.807) is 0 Å². The van der Waals surface area contributed by atoms with Gasteiger partial charge in [0.05, 0.1) is 17.9 Å². The van der Waals surface area contributed by atoms with Crippen molar-refractivity contribution in [2.24, 2.45) is 5.92 Å². The van der Waals surface area contributed by atoms with E-state index < -0.39 is 0 Å². The largest absolute Gasteiger partial charge is 0.310 e. The molecule has 0 radical (unpaired) electrons. The number of aryl methyl sites for hydroxylation is 1. The standard InChI is InChI=1S/C16H31N5/c1-6-10-21-14(12-18-19-21)15(17-3)16(20(4)5)9-7-8-13(2)11-16/h12-13,15,17H,6-11H2,1-5H3. The van der Waals surface area contributed by atoms with Gasteiger partial charge in [0, 0.05) is 12.1 Å². The number of rotatable bonds is 6. The number of hydrogen-bond donors (Lipinski definition) is 1. The number of aromatic nitrogens is 3. The summed E-state index contributed by atoms with van der Waals surface area (Å²) in [6.07, 6.45) is 8.13. The van der Waals surface area contributed by atoms with E-state index in [0.29, 0.717) is 0 Å². The molecule has 1 N–H and O–H groups in total. The summed E-state index contributed by atoms with van der Waals surface area (Å²) in [6, 6.07) is 0.275. The molecule has 0 aliphatic heterocycles. The molecular weight excluding hydrogens is 262 g/mol. The zero-order chi connectivity index (χ0) is 15.5. The van der Waals surface area contributed by atoms with Crippen LogP contribution in [0, 0.1) is 5.92 Å². The van der Waals surface area contributed by atoms with Gasteiger partial charge in [-0.15, -0.1) is 5.10 Å². The zero-order valence-corrected chi connectivity index (χ0v) is 14.3. The van der Waals surface area contributed by atoms with Crippen LogP contribution in [0.15, 0.2) is 6.20 Å². The lowest BCUT2D eigenvalue weighted by Crippen LogP contribution is -2.56. The molecule has 0 amide bonds. The summed E-state index contributed by atoms with van der Waals surface area (Å²) in [4.78, 5) is 2.42. The number of nitrogens with one attached hydrogen (secondary N) is 1. The highest BCUT2D eigenvalue weighted by Gasteiger charge is 2.45. The Hall–Kier alpha value is -0.940. The van der Waals surface area contributed by atoms with Crippen LogP contribution < -0.4 is 5.32 Å². The van der Waals surface area contributed by atoms with E-state index in [0.717, 1.165) is 18.9 Å². The van der Waals surface area contributed by atoms with Gasteiger partial charge in [0.25, 0.3) is 0 Å². The molecule has 120 valence electrons. The molecule has 3 atom stereocenters. The molecule has 0 bridgehead atoms. The van der Waals surface area contributed by atoms with Crippen LogP contribution in [-0.2, 0) is 6.54 Å². The molecule has 1 aliphatic rings. The fourth-order valence-corrected chi connectivity index (χ4v) is 4.06. The highest BCUT2D eigenvalue weighted by Crippen LogP contribution is 2.43. The predicted molar refractivity (Wildman–Crippen MR) is 86.2 cm³/mol. The van der Waals surface area contributed by atoms with E-state index >= 15 is 0 Å². The second-order valence-electron chi connectivity index (χ2n) is 6.80. The molecular formula is C16H31N5. The van der Waals surface area contributed by atoms with Gasteiger partial charge in [-0.25, -0.2) is 4.68 Å². The van der Waals surface area contributed by atoms with E-state index in [-0.39, 0.29) is 11.6 Å². The van der Waals surface area contributed by atoms with Gasteiger partial charge in [0.15, 0.2) is 0 Å². The third kappa shape index (κ3) is 3.14. The molecule has 21 heavy (non-hydrogen) atoms. The Balaban J connectivity index is 2.38. The van der Waals surface area contributed by atoms with Crippen LogP contribution in [0.25, 0.3) is 0 Å². The number of hydrogen-bond acceptors (Lipinski definition) is 4. The molecule has 0 spiro atoms. The molecule has 3 unspecified atom stereocenters. The molecule has 1 aromatic rings. The van der Waals surface area contributed by atoms with Gasteiger partial charge in [0.2, 0.25) is 0 Å². The van der Waals surface area contributed by atoms with Crippen molar-refractivity contribution in [3.8, 4) is 0 Å². The fraction of sp³-hybridized carbons (Fsp3) is 0.875. The average Bonchev–Trinajstić information content (AvgIpc) is 2.88. The van der Waals surface area contributed by atoms with Gasteiger partial charge >= 0.3 is 0 Å². The molecule has 1 aromatic heterocycles. The molecule has 0 aromatic carbocycles. The highest BCUT2D eigenvalue weighted by molar-refractivity contribution is 5.14. The van der Waals surface area contributed by atoms with Crippen LogP contribution in [0.4, 0.5) is 0 Å². The smallest absolute Gasteiger partial charge is 0.0775 e. The van der Waals surface area contributed by atoms with E-state index in [2.05, 4.69) is 60.2 Å². The Morgan fingerprint density at radius 2 is 2.29 bits per heavy atom. The Bertz CT molecular complexity index is 442. The highest BCUT2D eigenvalue weighted by atomic mass is 15.4. The van der Waals surface area contributed by atoms with Gasteiger partial charge in [-0.1, -0.05) is 31.9 Å². The van der Waals surface area contributed by atoms with Gasteiger partial charge in [-0.05, 0) is 46.3 Å². The SMILES string of the molecule is CCCn1nncc1C(NC)C1(N(C)C)CCCC(C)C1. The summed E-state index contributed by atoms with van der Waals surface area (Å²) < 4.78 is 2.08. The number of nitrogens with zero attached hydrogens (tertiary/aromatic N) is 4. The first-order valence-corrected chi connectivity index (χ1v) is 8.28. The lowest BCUT2D eigenvalue weighted by atomic mass is 9.70. The van der Waals surface area contributed by atoms with E-state index in [1.807, 2.05) is 6.20 Å². The molecule has 1 saturated carbocycles. The Kier molecular flexibility index (Phi) is 5.38. The molecule has 2 rings (SSSR count). The Morgan fingerprint density at radius 3 is 2.86 bits per heavy atom.